The summed E-state index contributed by atoms with van der Waals surface area (Å²) in [5.41, 5.74) is 0.258. The van der Waals surface area contributed by atoms with E-state index in [9.17, 15) is 18.0 Å². The van der Waals surface area contributed by atoms with Crippen LogP contribution in [0.5, 0.6) is 0 Å². The number of sulfonamides is 1. The Bertz CT molecular complexity index is 757. The minimum atomic E-state index is -3.86. The molecule has 8 heteroatoms. The number of anilines is 1. The van der Waals surface area contributed by atoms with Gasteiger partial charge in [-0.15, -0.1) is 0 Å². The van der Waals surface area contributed by atoms with Crippen molar-refractivity contribution >= 4 is 27.6 Å². The number of amides is 1. The van der Waals surface area contributed by atoms with E-state index in [1.165, 1.54) is 31.2 Å². The number of ether oxygens (including phenoxy) is 1. The molecule has 1 aromatic carbocycles. The van der Waals surface area contributed by atoms with E-state index < -0.39 is 28.0 Å². The van der Waals surface area contributed by atoms with Gasteiger partial charge in [-0.05, 0) is 43.9 Å². The lowest BCUT2D eigenvalue weighted by atomic mass is 10.1. The van der Waals surface area contributed by atoms with Gasteiger partial charge in [0.25, 0.3) is 5.91 Å². The molecule has 1 aliphatic carbocycles. The quantitative estimate of drug-likeness (QED) is 0.595. The molecule has 0 aromatic heterocycles. The van der Waals surface area contributed by atoms with Crippen molar-refractivity contribution in [3.63, 3.8) is 0 Å². The highest BCUT2D eigenvalue weighted by molar-refractivity contribution is 7.89. The highest BCUT2D eigenvalue weighted by Crippen LogP contribution is 2.21. The Labute approximate surface area is 140 Å². The Kier molecular flexibility index (Phi) is 5.74. The van der Waals surface area contributed by atoms with E-state index >= 15 is 0 Å². The Balaban J connectivity index is 1.91. The normalized spacial score (nSPS) is 18.2. The molecule has 1 aromatic rings. The lowest BCUT2D eigenvalue weighted by Crippen LogP contribution is -2.30. The summed E-state index contributed by atoms with van der Waals surface area (Å²) in [7, 11) is -3.86. The largest absolute Gasteiger partial charge is 0.453 e. The van der Waals surface area contributed by atoms with Crippen molar-refractivity contribution in [1.82, 2.24) is 0 Å². The van der Waals surface area contributed by atoms with Crippen LogP contribution in [-0.2, 0) is 24.3 Å². The van der Waals surface area contributed by atoms with Gasteiger partial charge >= 0.3 is 5.97 Å². The summed E-state index contributed by atoms with van der Waals surface area (Å²) in [6.07, 6.45) is 5.12. The number of nitrogens with two attached hydrogens (primary N) is 1. The number of hydrogen-bond acceptors (Lipinski definition) is 5. The minimum absolute atomic E-state index is 0.113. The fourth-order valence-corrected chi connectivity index (χ4v) is 2.93. The number of rotatable bonds is 6. The molecule has 2 rings (SSSR count). The van der Waals surface area contributed by atoms with Gasteiger partial charge in [-0.25, -0.2) is 13.6 Å². The Morgan fingerprint density at radius 1 is 1.42 bits per heavy atom. The van der Waals surface area contributed by atoms with Crippen molar-refractivity contribution in [2.45, 2.75) is 37.2 Å². The lowest BCUT2D eigenvalue weighted by Gasteiger charge is -2.15. The Morgan fingerprint density at radius 2 is 2.17 bits per heavy atom. The van der Waals surface area contributed by atoms with Gasteiger partial charge in [-0.1, -0.05) is 18.2 Å². The first-order valence-electron chi connectivity index (χ1n) is 7.55. The second-order valence-corrected chi connectivity index (χ2v) is 7.23. The van der Waals surface area contributed by atoms with Gasteiger partial charge in [0.2, 0.25) is 10.0 Å². The highest BCUT2D eigenvalue weighted by atomic mass is 32.2. The lowest BCUT2D eigenvalue weighted by molar-refractivity contribution is -0.153. The van der Waals surface area contributed by atoms with Crippen LogP contribution < -0.4 is 10.5 Å². The van der Waals surface area contributed by atoms with Gasteiger partial charge in [-0.3, -0.25) is 9.59 Å². The molecule has 1 amide bonds. The van der Waals surface area contributed by atoms with E-state index in [1.54, 1.807) is 0 Å². The zero-order valence-electron chi connectivity index (χ0n) is 13.3. The summed E-state index contributed by atoms with van der Waals surface area (Å²) in [4.78, 5) is 23.8. The van der Waals surface area contributed by atoms with Crippen molar-refractivity contribution in [3.05, 3.63) is 36.4 Å². The number of hydrogen-bond donors (Lipinski definition) is 2. The van der Waals surface area contributed by atoms with Crippen LogP contribution in [0.2, 0.25) is 0 Å². The Morgan fingerprint density at radius 3 is 2.79 bits per heavy atom. The number of nitrogens with one attached hydrogen (secondary N) is 1. The molecule has 0 bridgehead atoms. The first-order valence-corrected chi connectivity index (χ1v) is 9.10. The SMILES string of the molecule is C[C@H](OC(=O)C[C@H]1C=CCC1)C(=O)Nc1cccc(S(N)(=O)=O)c1. The first-order chi connectivity index (χ1) is 11.3. The summed E-state index contributed by atoms with van der Waals surface area (Å²) < 4.78 is 27.7. The molecule has 1 aliphatic rings. The van der Waals surface area contributed by atoms with Gasteiger partial charge in [-0.2, -0.15) is 0 Å². The van der Waals surface area contributed by atoms with Crippen molar-refractivity contribution in [2.24, 2.45) is 11.1 Å². The van der Waals surface area contributed by atoms with E-state index in [-0.39, 0.29) is 22.9 Å². The number of allylic oxidation sites excluding steroid dienone is 2. The third-order valence-corrected chi connectivity index (χ3v) is 4.56. The number of carbonyl (C=O) groups excluding carboxylic acids is 2. The molecule has 130 valence electrons. The van der Waals surface area contributed by atoms with Gasteiger partial charge < -0.3 is 10.1 Å². The molecule has 0 unspecified atom stereocenters. The van der Waals surface area contributed by atoms with Crippen LogP contribution in [0, 0.1) is 5.92 Å². The Hall–Kier alpha value is -2.19. The number of carbonyl (C=O) groups is 2. The van der Waals surface area contributed by atoms with Gasteiger partial charge in [0.15, 0.2) is 6.10 Å². The molecule has 0 saturated carbocycles. The van der Waals surface area contributed by atoms with Crippen LogP contribution in [0.15, 0.2) is 41.3 Å². The number of primary sulfonamides is 1. The van der Waals surface area contributed by atoms with E-state index in [0.717, 1.165) is 12.8 Å². The zero-order chi connectivity index (χ0) is 17.7. The monoisotopic (exact) mass is 352 g/mol. The van der Waals surface area contributed by atoms with Crippen LogP contribution in [-0.4, -0.2) is 26.4 Å². The van der Waals surface area contributed by atoms with Crippen molar-refractivity contribution in [3.8, 4) is 0 Å². The summed E-state index contributed by atoms with van der Waals surface area (Å²) in [6, 6.07) is 5.54. The third-order valence-electron chi connectivity index (χ3n) is 3.65. The maximum Gasteiger partial charge on any atom is 0.307 e. The summed E-state index contributed by atoms with van der Waals surface area (Å²) in [5.74, 6) is -0.816. The molecule has 0 radical (unpaired) electrons. The molecule has 2 atom stereocenters. The van der Waals surface area contributed by atoms with Gasteiger partial charge in [0.1, 0.15) is 0 Å². The molecule has 0 fully saturated rings. The van der Waals surface area contributed by atoms with Crippen LogP contribution >= 0.6 is 0 Å². The molecule has 7 nitrogen and oxygen atoms in total. The number of benzene rings is 1. The van der Waals surface area contributed by atoms with Gasteiger partial charge in [0.05, 0.1) is 11.3 Å². The molecular weight excluding hydrogens is 332 g/mol. The second-order valence-electron chi connectivity index (χ2n) is 5.66. The highest BCUT2D eigenvalue weighted by Gasteiger charge is 2.21. The first kappa shape index (κ1) is 18.2. The van der Waals surface area contributed by atoms with Crippen LogP contribution in [0.3, 0.4) is 0 Å². The molecular formula is C16H20N2O5S. The summed E-state index contributed by atoms with van der Waals surface area (Å²) >= 11 is 0. The topological polar surface area (TPSA) is 116 Å². The molecule has 0 saturated heterocycles. The number of esters is 1. The molecule has 0 heterocycles. The minimum Gasteiger partial charge on any atom is -0.453 e. The predicted molar refractivity (Wildman–Crippen MR) is 88.5 cm³/mol. The average molecular weight is 352 g/mol. The van der Waals surface area contributed by atoms with Crippen molar-refractivity contribution < 1.29 is 22.7 Å². The molecule has 3 N–H and O–H groups in total. The molecule has 24 heavy (non-hydrogen) atoms. The molecule has 0 aliphatic heterocycles. The fraction of sp³-hybridized carbons (Fsp3) is 0.375. The van der Waals surface area contributed by atoms with E-state index in [2.05, 4.69) is 5.32 Å². The predicted octanol–water partition coefficient (Wildman–Crippen LogP) is 1.56. The maximum absolute atomic E-state index is 12.1. The molecule has 0 spiro atoms. The van der Waals surface area contributed by atoms with Crippen molar-refractivity contribution in [1.29, 1.82) is 0 Å². The third kappa shape index (κ3) is 5.17. The van der Waals surface area contributed by atoms with Crippen LogP contribution in [0.25, 0.3) is 0 Å². The standard InChI is InChI=1S/C16H20N2O5S/c1-11(23-15(19)9-12-5-2-3-6-12)16(20)18-13-7-4-8-14(10-13)24(17,21)22/h2,4-5,7-8,10-12H,3,6,9H2,1H3,(H,18,20)(H2,17,21,22)/t11-,12-/m0/s1. The summed E-state index contributed by atoms with van der Waals surface area (Å²) in [6.45, 7) is 1.46. The fourth-order valence-electron chi connectivity index (χ4n) is 2.37. The second kappa shape index (κ2) is 7.59. The van der Waals surface area contributed by atoms with Gasteiger partial charge in [0, 0.05) is 5.69 Å². The summed E-state index contributed by atoms with van der Waals surface area (Å²) in [5, 5.41) is 7.55. The smallest absolute Gasteiger partial charge is 0.307 e. The zero-order valence-corrected chi connectivity index (χ0v) is 14.1. The average Bonchev–Trinajstić information content (AvgIpc) is 2.99. The van der Waals surface area contributed by atoms with E-state index in [1.807, 2.05) is 12.2 Å². The van der Waals surface area contributed by atoms with E-state index in [0.29, 0.717) is 0 Å². The van der Waals surface area contributed by atoms with Crippen molar-refractivity contribution in [2.75, 3.05) is 5.32 Å². The maximum atomic E-state index is 12.1. The van der Waals surface area contributed by atoms with Crippen LogP contribution in [0.1, 0.15) is 26.2 Å². The van der Waals surface area contributed by atoms with E-state index in [4.69, 9.17) is 9.88 Å². The van der Waals surface area contributed by atoms with Crippen LogP contribution in [0.4, 0.5) is 5.69 Å².